The Kier molecular flexibility index (Phi) is 5.97. The number of amides is 1. The predicted octanol–water partition coefficient (Wildman–Crippen LogP) is 2.42. The smallest absolute Gasteiger partial charge is 0.259 e. The van der Waals surface area contributed by atoms with E-state index in [0.29, 0.717) is 24.5 Å². The van der Waals surface area contributed by atoms with Gasteiger partial charge >= 0.3 is 0 Å². The molecule has 2 aromatic carbocycles. The van der Waals surface area contributed by atoms with Crippen LogP contribution in [0.25, 0.3) is 0 Å². The van der Waals surface area contributed by atoms with Crippen LogP contribution >= 0.6 is 0 Å². The summed E-state index contributed by atoms with van der Waals surface area (Å²) < 4.78 is 51.0. The van der Waals surface area contributed by atoms with Crippen molar-refractivity contribution in [3.63, 3.8) is 0 Å². The standard InChI is InChI=1S/C19H21FN2O5S/c1-13-3-4-14(20)11-17(13)21-19(23)16-12-15(5-6-18(16)26-2)28(24,25)22-7-9-27-10-8-22/h3-6,11-12H,7-10H2,1-2H3,(H,21,23). The number of hydrogen-bond acceptors (Lipinski definition) is 5. The minimum Gasteiger partial charge on any atom is -0.496 e. The molecule has 1 aliphatic heterocycles. The van der Waals surface area contributed by atoms with Crippen LogP contribution in [-0.2, 0) is 14.8 Å². The van der Waals surface area contributed by atoms with Crippen LogP contribution in [0.3, 0.4) is 0 Å². The average molecular weight is 408 g/mol. The summed E-state index contributed by atoms with van der Waals surface area (Å²) in [5, 5.41) is 2.61. The first-order valence-electron chi connectivity index (χ1n) is 8.66. The van der Waals surface area contributed by atoms with Crippen LogP contribution in [0.1, 0.15) is 15.9 Å². The highest BCUT2D eigenvalue weighted by atomic mass is 32.2. The lowest BCUT2D eigenvalue weighted by Gasteiger charge is -2.26. The molecular formula is C19H21FN2O5S. The second-order valence-corrected chi connectivity index (χ2v) is 8.23. The Hall–Kier alpha value is -2.49. The van der Waals surface area contributed by atoms with Gasteiger partial charge in [0.25, 0.3) is 5.91 Å². The van der Waals surface area contributed by atoms with E-state index in [0.717, 1.165) is 0 Å². The Morgan fingerprint density at radius 1 is 1.18 bits per heavy atom. The fraction of sp³-hybridized carbons (Fsp3) is 0.316. The maximum Gasteiger partial charge on any atom is 0.259 e. The lowest BCUT2D eigenvalue weighted by atomic mass is 10.1. The first-order chi connectivity index (χ1) is 13.3. The van der Waals surface area contributed by atoms with E-state index in [2.05, 4.69) is 5.32 Å². The Morgan fingerprint density at radius 3 is 2.57 bits per heavy atom. The van der Waals surface area contributed by atoms with Crippen LogP contribution in [0.5, 0.6) is 5.75 Å². The molecule has 1 N–H and O–H groups in total. The van der Waals surface area contributed by atoms with Gasteiger partial charge in [-0.3, -0.25) is 4.79 Å². The van der Waals surface area contributed by atoms with Gasteiger partial charge in [0, 0.05) is 18.8 Å². The minimum absolute atomic E-state index is 0.0173. The van der Waals surface area contributed by atoms with Gasteiger partial charge in [-0.25, -0.2) is 12.8 Å². The number of rotatable bonds is 5. The van der Waals surface area contributed by atoms with Crippen LogP contribution in [0, 0.1) is 12.7 Å². The number of nitrogens with zero attached hydrogens (tertiary/aromatic N) is 1. The van der Waals surface area contributed by atoms with Crippen molar-refractivity contribution in [2.45, 2.75) is 11.8 Å². The zero-order chi connectivity index (χ0) is 20.3. The second kappa shape index (κ2) is 8.26. The van der Waals surface area contributed by atoms with Gasteiger partial charge in [0.2, 0.25) is 10.0 Å². The fourth-order valence-corrected chi connectivity index (χ4v) is 4.31. The molecule has 1 saturated heterocycles. The maximum absolute atomic E-state index is 13.5. The molecule has 0 unspecified atom stereocenters. The number of sulfonamides is 1. The number of carbonyl (C=O) groups is 1. The summed E-state index contributed by atoms with van der Waals surface area (Å²) in [7, 11) is -2.39. The van der Waals surface area contributed by atoms with Crippen molar-refractivity contribution in [2.75, 3.05) is 38.7 Å². The zero-order valence-corrected chi connectivity index (χ0v) is 16.4. The average Bonchev–Trinajstić information content (AvgIpc) is 2.70. The monoisotopic (exact) mass is 408 g/mol. The summed E-state index contributed by atoms with van der Waals surface area (Å²) in [5.41, 5.74) is 1.01. The van der Waals surface area contributed by atoms with E-state index in [4.69, 9.17) is 9.47 Å². The highest BCUT2D eigenvalue weighted by Gasteiger charge is 2.28. The van der Waals surface area contributed by atoms with Crippen LogP contribution in [-0.4, -0.2) is 52.0 Å². The molecule has 150 valence electrons. The normalized spacial score (nSPS) is 15.2. The van der Waals surface area contributed by atoms with Crippen LogP contribution in [0.4, 0.5) is 10.1 Å². The number of halogens is 1. The van der Waals surface area contributed by atoms with E-state index >= 15 is 0 Å². The molecule has 2 aromatic rings. The van der Waals surface area contributed by atoms with Crippen molar-refractivity contribution < 1.29 is 27.1 Å². The first kappa shape index (κ1) is 20.2. The molecule has 0 spiro atoms. The third-order valence-electron chi connectivity index (χ3n) is 4.47. The molecule has 1 aliphatic rings. The Bertz CT molecular complexity index is 988. The number of aryl methyl sites for hydroxylation is 1. The van der Waals surface area contributed by atoms with Crippen molar-refractivity contribution in [3.05, 3.63) is 53.3 Å². The molecule has 0 bridgehead atoms. The summed E-state index contributed by atoms with van der Waals surface area (Å²) >= 11 is 0. The topological polar surface area (TPSA) is 84.9 Å². The molecule has 3 rings (SSSR count). The van der Waals surface area contributed by atoms with E-state index in [1.165, 1.54) is 41.7 Å². The summed E-state index contributed by atoms with van der Waals surface area (Å²) in [6.45, 7) is 2.87. The second-order valence-electron chi connectivity index (χ2n) is 6.29. The maximum atomic E-state index is 13.5. The lowest BCUT2D eigenvalue weighted by molar-refractivity contribution is 0.0730. The fourth-order valence-electron chi connectivity index (χ4n) is 2.88. The molecule has 0 atom stereocenters. The van der Waals surface area contributed by atoms with Crippen molar-refractivity contribution in [3.8, 4) is 5.75 Å². The number of ether oxygens (including phenoxy) is 2. The van der Waals surface area contributed by atoms with Crippen molar-refractivity contribution in [1.82, 2.24) is 4.31 Å². The van der Waals surface area contributed by atoms with Gasteiger partial charge in [0.05, 0.1) is 30.8 Å². The van der Waals surface area contributed by atoms with E-state index in [1.807, 2.05) is 0 Å². The molecule has 0 saturated carbocycles. The zero-order valence-electron chi connectivity index (χ0n) is 15.6. The van der Waals surface area contributed by atoms with Gasteiger partial charge in [0.15, 0.2) is 0 Å². The van der Waals surface area contributed by atoms with Gasteiger partial charge < -0.3 is 14.8 Å². The quantitative estimate of drug-likeness (QED) is 0.821. The Labute approximate surface area is 163 Å². The molecule has 1 heterocycles. The van der Waals surface area contributed by atoms with Crippen LogP contribution in [0.2, 0.25) is 0 Å². The third kappa shape index (κ3) is 4.16. The number of hydrogen-bond donors (Lipinski definition) is 1. The largest absolute Gasteiger partial charge is 0.496 e. The number of benzene rings is 2. The van der Waals surface area contributed by atoms with Crippen molar-refractivity contribution in [1.29, 1.82) is 0 Å². The summed E-state index contributed by atoms with van der Waals surface area (Å²) in [6, 6.07) is 8.14. The van der Waals surface area contributed by atoms with Gasteiger partial charge in [-0.2, -0.15) is 4.31 Å². The molecule has 1 fully saturated rings. The van der Waals surface area contributed by atoms with Crippen LogP contribution in [0.15, 0.2) is 41.3 Å². The van der Waals surface area contributed by atoms with Crippen molar-refractivity contribution >= 4 is 21.6 Å². The molecule has 0 radical (unpaired) electrons. The van der Waals surface area contributed by atoms with Crippen LogP contribution < -0.4 is 10.1 Å². The highest BCUT2D eigenvalue weighted by Crippen LogP contribution is 2.26. The van der Waals surface area contributed by atoms with Gasteiger partial charge in [-0.05, 0) is 42.8 Å². The van der Waals surface area contributed by atoms with Gasteiger partial charge in [-0.15, -0.1) is 0 Å². The van der Waals surface area contributed by atoms with E-state index in [-0.39, 0.29) is 29.3 Å². The number of carbonyl (C=O) groups excluding carboxylic acids is 1. The highest BCUT2D eigenvalue weighted by molar-refractivity contribution is 7.89. The van der Waals surface area contributed by atoms with E-state index in [1.54, 1.807) is 13.0 Å². The molecule has 0 aliphatic carbocycles. The predicted molar refractivity (Wildman–Crippen MR) is 102 cm³/mol. The first-order valence-corrected chi connectivity index (χ1v) is 10.1. The number of methoxy groups -OCH3 is 1. The minimum atomic E-state index is -3.77. The number of anilines is 1. The van der Waals surface area contributed by atoms with Crippen molar-refractivity contribution in [2.24, 2.45) is 0 Å². The molecule has 1 amide bonds. The molecule has 7 nitrogen and oxygen atoms in total. The van der Waals surface area contributed by atoms with Gasteiger partial charge in [-0.1, -0.05) is 6.07 Å². The Morgan fingerprint density at radius 2 is 1.89 bits per heavy atom. The summed E-state index contributed by atoms with van der Waals surface area (Å²) in [5.74, 6) is -0.867. The van der Waals surface area contributed by atoms with Gasteiger partial charge in [0.1, 0.15) is 11.6 Å². The molecule has 28 heavy (non-hydrogen) atoms. The summed E-state index contributed by atoms with van der Waals surface area (Å²) in [4.78, 5) is 12.8. The molecular weight excluding hydrogens is 387 g/mol. The van der Waals surface area contributed by atoms with E-state index < -0.39 is 21.7 Å². The molecule has 0 aromatic heterocycles. The number of nitrogens with one attached hydrogen (secondary N) is 1. The Balaban J connectivity index is 1.94. The summed E-state index contributed by atoms with van der Waals surface area (Å²) in [6.07, 6.45) is 0. The third-order valence-corrected chi connectivity index (χ3v) is 6.37. The molecule has 9 heteroatoms. The van der Waals surface area contributed by atoms with E-state index in [9.17, 15) is 17.6 Å². The number of morpholine rings is 1. The lowest BCUT2D eigenvalue weighted by Crippen LogP contribution is -2.40. The SMILES string of the molecule is COc1ccc(S(=O)(=O)N2CCOCC2)cc1C(=O)Nc1cc(F)ccc1C.